The van der Waals surface area contributed by atoms with Crippen molar-refractivity contribution in [2.24, 2.45) is 7.05 Å². The molecule has 0 saturated heterocycles. The van der Waals surface area contributed by atoms with Gasteiger partial charge in [-0.3, -0.25) is 14.0 Å². The summed E-state index contributed by atoms with van der Waals surface area (Å²) in [4.78, 5) is 27.5. The Balaban J connectivity index is 1.76. The van der Waals surface area contributed by atoms with Crippen LogP contribution in [0.1, 0.15) is 54.8 Å². The SMILES string of the molecule is Cc1ccc(-c2nc(C(C)(C)C)ncc2C)cc1-n1c(C)nc(OCc2ccn(C)n2)c(C)c1=O. The fourth-order valence-corrected chi connectivity index (χ4v) is 3.89. The van der Waals surface area contributed by atoms with Gasteiger partial charge in [0, 0.05) is 30.4 Å². The van der Waals surface area contributed by atoms with Crippen LogP contribution in [0, 0.1) is 27.7 Å². The third-order valence-corrected chi connectivity index (χ3v) is 5.92. The van der Waals surface area contributed by atoms with Gasteiger partial charge in [-0.25, -0.2) is 9.97 Å². The van der Waals surface area contributed by atoms with Crippen molar-refractivity contribution in [3.63, 3.8) is 0 Å². The van der Waals surface area contributed by atoms with Crippen LogP contribution in [0.3, 0.4) is 0 Å². The molecule has 0 bridgehead atoms. The second kappa shape index (κ2) is 9.09. The number of hydrogen-bond donors (Lipinski definition) is 0. The van der Waals surface area contributed by atoms with Crippen LogP contribution in [0.2, 0.25) is 0 Å². The van der Waals surface area contributed by atoms with Gasteiger partial charge in [-0.2, -0.15) is 10.1 Å². The van der Waals surface area contributed by atoms with Gasteiger partial charge in [0.2, 0.25) is 5.88 Å². The summed E-state index contributed by atoms with van der Waals surface area (Å²) in [6.45, 7) is 14.1. The van der Waals surface area contributed by atoms with Crippen molar-refractivity contribution in [2.45, 2.75) is 60.5 Å². The molecule has 3 aromatic heterocycles. The predicted molar refractivity (Wildman–Crippen MR) is 136 cm³/mol. The standard InChI is InChI=1S/C27H32N6O2/c1-16-9-10-20(23-17(2)14-28-26(30-23)27(5,6)7)13-22(16)33-19(4)29-24(18(3)25(33)34)35-15-21-11-12-32(8)31-21/h9-14H,15H2,1-8H3. The van der Waals surface area contributed by atoms with Crippen molar-refractivity contribution in [3.05, 3.63) is 81.0 Å². The number of ether oxygens (including phenoxy) is 1. The first-order valence-electron chi connectivity index (χ1n) is 11.6. The van der Waals surface area contributed by atoms with Crippen LogP contribution in [0.25, 0.3) is 16.9 Å². The Labute approximate surface area is 205 Å². The molecular formula is C27H32N6O2. The second-order valence-electron chi connectivity index (χ2n) is 9.98. The zero-order chi connectivity index (χ0) is 25.5. The Kier molecular flexibility index (Phi) is 6.32. The number of aromatic nitrogens is 6. The minimum absolute atomic E-state index is 0.163. The lowest BCUT2D eigenvalue weighted by Gasteiger charge is -2.19. The van der Waals surface area contributed by atoms with Gasteiger partial charge in [0.15, 0.2) is 0 Å². The summed E-state index contributed by atoms with van der Waals surface area (Å²) in [5.74, 6) is 1.65. The molecule has 0 radical (unpaired) electrons. The van der Waals surface area contributed by atoms with Crippen LogP contribution >= 0.6 is 0 Å². The van der Waals surface area contributed by atoms with Gasteiger partial charge >= 0.3 is 0 Å². The lowest BCUT2D eigenvalue weighted by atomic mass is 9.95. The third-order valence-electron chi connectivity index (χ3n) is 5.92. The van der Waals surface area contributed by atoms with E-state index in [0.717, 1.165) is 39.6 Å². The van der Waals surface area contributed by atoms with Crippen molar-refractivity contribution in [1.29, 1.82) is 0 Å². The normalized spacial score (nSPS) is 11.7. The number of benzene rings is 1. The molecule has 0 aliphatic carbocycles. The van der Waals surface area contributed by atoms with Crippen molar-refractivity contribution in [2.75, 3.05) is 0 Å². The van der Waals surface area contributed by atoms with E-state index in [1.807, 2.05) is 64.5 Å². The molecule has 0 unspecified atom stereocenters. The predicted octanol–water partition coefficient (Wildman–Crippen LogP) is 4.53. The maximum absolute atomic E-state index is 13.5. The van der Waals surface area contributed by atoms with Crippen LogP contribution in [0.5, 0.6) is 5.88 Å². The summed E-state index contributed by atoms with van der Waals surface area (Å²) in [6, 6.07) is 7.92. The molecular weight excluding hydrogens is 440 g/mol. The first kappa shape index (κ1) is 24.3. The van der Waals surface area contributed by atoms with Gasteiger partial charge in [0.05, 0.1) is 22.6 Å². The average molecular weight is 473 g/mol. The molecule has 1 aromatic carbocycles. The fraction of sp³-hybridized carbons (Fsp3) is 0.370. The summed E-state index contributed by atoms with van der Waals surface area (Å²) < 4.78 is 9.21. The second-order valence-corrected chi connectivity index (χ2v) is 9.98. The van der Waals surface area contributed by atoms with E-state index in [2.05, 4.69) is 35.8 Å². The van der Waals surface area contributed by atoms with E-state index in [9.17, 15) is 4.79 Å². The lowest BCUT2D eigenvalue weighted by Crippen LogP contribution is -2.26. The Hall–Kier alpha value is -3.81. The van der Waals surface area contributed by atoms with Gasteiger partial charge < -0.3 is 4.74 Å². The Morgan fingerprint density at radius 1 is 1.00 bits per heavy atom. The van der Waals surface area contributed by atoms with Gasteiger partial charge in [-0.05, 0) is 51.0 Å². The van der Waals surface area contributed by atoms with Crippen molar-refractivity contribution in [1.82, 2.24) is 29.3 Å². The highest BCUT2D eigenvalue weighted by Crippen LogP contribution is 2.28. The zero-order valence-corrected chi connectivity index (χ0v) is 21.7. The molecule has 4 rings (SSSR count). The molecule has 8 heteroatoms. The molecule has 4 aromatic rings. The third kappa shape index (κ3) is 4.87. The highest BCUT2D eigenvalue weighted by atomic mass is 16.5. The fourth-order valence-electron chi connectivity index (χ4n) is 3.89. The van der Waals surface area contributed by atoms with E-state index < -0.39 is 0 Å². The monoisotopic (exact) mass is 472 g/mol. The molecule has 35 heavy (non-hydrogen) atoms. The van der Waals surface area contributed by atoms with Crippen LogP contribution in [-0.2, 0) is 19.1 Å². The molecule has 8 nitrogen and oxygen atoms in total. The highest BCUT2D eigenvalue weighted by molar-refractivity contribution is 5.67. The molecule has 0 saturated carbocycles. The molecule has 0 atom stereocenters. The minimum Gasteiger partial charge on any atom is -0.471 e. The Morgan fingerprint density at radius 2 is 1.74 bits per heavy atom. The van der Waals surface area contributed by atoms with E-state index in [4.69, 9.17) is 9.72 Å². The maximum Gasteiger partial charge on any atom is 0.264 e. The van der Waals surface area contributed by atoms with E-state index >= 15 is 0 Å². The molecule has 0 N–H and O–H groups in total. The smallest absolute Gasteiger partial charge is 0.264 e. The first-order valence-corrected chi connectivity index (χ1v) is 11.6. The van der Waals surface area contributed by atoms with E-state index in [1.165, 1.54) is 0 Å². The summed E-state index contributed by atoms with van der Waals surface area (Å²) in [7, 11) is 1.85. The van der Waals surface area contributed by atoms with Crippen molar-refractivity contribution in [3.8, 4) is 22.8 Å². The lowest BCUT2D eigenvalue weighted by molar-refractivity contribution is 0.283. The van der Waals surface area contributed by atoms with Gasteiger partial charge in [-0.15, -0.1) is 0 Å². The number of rotatable bonds is 5. The minimum atomic E-state index is -0.171. The number of aryl methyl sites for hydroxylation is 4. The van der Waals surface area contributed by atoms with Crippen molar-refractivity contribution >= 4 is 0 Å². The van der Waals surface area contributed by atoms with Crippen LogP contribution < -0.4 is 10.3 Å². The van der Waals surface area contributed by atoms with Crippen LogP contribution in [-0.4, -0.2) is 29.3 Å². The zero-order valence-electron chi connectivity index (χ0n) is 21.7. The quantitative estimate of drug-likeness (QED) is 0.424. The average Bonchev–Trinajstić information content (AvgIpc) is 3.21. The first-order chi connectivity index (χ1) is 16.5. The molecule has 182 valence electrons. The maximum atomic E-state index is 13.5. The summed E-state index contributed by atoms with van der Waals surface area (Å²) in [6.07, 6.45) is 3.71. The number of nitrogens with zero attached hydrogens (tertiary/aromatic N) is 6. The number of hydrogen-bond acceptors (Lipinski definition) is 6. The highest BCUT2D eigenvalue weighted by Gasteiger charge is 2.20. The van der Waals surface area contributed by atoms with E-state index in [0.29, 0.717) is 17.3 Å². The molecule has 0 fully saturated rings. The van der Waals surface area contributed by atoms with Gasteiger partial charge in [-0.1, -0.05) is 32.9 Å². The van der Waals surface area contributed by atoms with Crippen LogP contribution in [0.15, 0.2) is 41.5 Å². The van der Waals surface area contributed by atoms with Gasteiger partial charge in [0.1, 0.15) is 18.3 Å². The summed E-state index contributed by atoms with van der Waals surface area (Å²) >= 11 is 0. The van der Waals surface area contributed by atoms with Gasteiger partial charge in [0.25, 0.3) is 5.56 Å². The molecule has 0 spiro atoms. The van der Waals surface area contributed by atoms with E-state index in [1.54, 1.807) is 16.2 Å². The molecule has 0 amide bonds. The van der Waals surface area contributed by atoms with E-state index in [-0.39, 0.29) is 17.6 Å². The Bertz CT molecular complexity index is 1460. The topological polar surface area (TPSA) is 87.7 Å². The molecule has 3 heterocycles. The molecule has 0 aliphatic heterocycles. The largest absolute Gasteiger partial charge is 0.471 e. The van der Waals surface area contributed by atoms with Crippen molar-refractivity contribution < 1.29 is 4.74 Å². The summed E-state index contributed by atoms with van der Waals surface area (Å²) in [5.41, 5.74) is 5.38. The van der Waals surface area contributed by atoms with Crippen LogP contribution in [0.4, 0.5) is 0 Å². The molecule has 0 aliphatic rings. The summed E-state index contributed by atoms with van der Waals surface area (Å²) in [5, 5.41) is 4.31. The Morgan fingerprint density at radius 3 is 2.40 bits per heavy atom.